The molecule has 5 saturated carbocycles. The molecule has 0 aromatic heterocycles. The van der Waals surface area contributed by atoms with Crippen LogP contribution in [0.4, 0.5) is 0 Å². The Morgan fingerprint density at radius 1 is 0.853 bits per heavy atom. The predicted octanol–water partition coefficient (Wildman–Crippen LogP) is 7.25. The summed E-state index contributed by atoms with van der Waals surface area (Å²) in [7, 11) is 0. The SMILES string of the molecule is CCCC(=O)OC1CCC2(C)C(CCC3(C)C2CCC2C4CCCC4(C(=O)O)CC[C@]23C)C1C. The van der Waals surface area contributed by atoms with Crippen LogP contribution in [0.2, 0.25) is 0 Å². The maximum absolute atomic E-state index is 12.5. The van der Waals surface area contributed by atoms with Crippen LogP contribution >= 0.6 is 0 Å². The fourth-order valence-electron chi connectivity index (χ4n) is 11.1. The predicted molar refractivity (Wildman–Crippen MR) is 133 cm³/mol. The molecule has 0 aromatic carbocycles. The summed E-state index contributed by atoms with van der Waals surface area (Å²) in [5.74, 6) is 2.14. The summed E-state index contributed by atoms with van der Waals surface area (Å²) in [4.78, 5) is 24.8. The number of carboxylic acids is 1. The number of rotatable bonds is 4. The summed E-state index contributed by atoms with van der Waals surface area (Å²) in [6.45, 7) is 12.1. The van der Waals surface area contributed by atoms with Crippen molar-refractivity contribution in [2.75, 3.05) is 0 Å². The van der Waals surface area contributed by atoms with E-state index in [4.69, 9.17) is 4.74 Å². The Bertz CT molecular complexity index is 838. The van der Waals surface area contributed by atoms with Crippen LogP contribution in [0.3, 0.4) is 0 Å². The molecule has 5 aliphatic rings. The minimum atomic E-state index is -0.509. The van der Waals surface area contributed by atoms with Gasteiger partial charge in [0.05, 0.1) is 5.41 Å². The average Bonchev–Trinajstić information content (AvgIpc) is 3.22. The van der Waals surface area contributed by atoms with Gasteiger partial charge in [-0.2, -0.15) is 0 Å². The summed E-state index contributed by atoms with van der Waals surface area (Å²) < 4.78 is 5.99. The third-order valence-electron chi connectivity index (χ3n) is 13.1. The molecule has 0 spiro atoms. The van der Waals surface area contributed by atoms with Gasteiger partial charge in [-0.1, -0.05) is 41.0 Å². The summed E-state index contributed by atoms with van der Waals surface area (Å²) in [6, 6.07) is 0. The number of fused-ring (bicyclic) bond motifs is 7. The highest BCUT2D eigenvalue weighted by Crippen LogP contribution is 2.76. The zero-order chi connectivity index (χ0) is 24.5. The Balaban J connectivity index is 1.41. The molecular weight excluding hydrogens is 424 g/mol. The van der Waals surface area contributed by atoms with Gasteiger partial charge in [-0.3, -0.25) is 9.59 Å². The number of esters is 1. The van der Waals surface area contributed by atoms with Crippen molar-refractivity contribution in [3.8, 4) is 0 Å². The van der Waals surface area contributed by atoms with E-state index in [1.807, 2.05) is 6.92 Å². The van der Waals surface area contributed by atoms with Gasteiger partial charge in [0.15, 0.2) is 0 Å². The summed E-state index contributed by atoms with van der Waals surface area (Å²) in [6.07, 6.45) is 13.6. The molecule has 0 saturated heterocycles. The summed E-state index contributed by atoms with van der Waals surface area (Å²) in [5.41, 5.74) is 0.375. The van der Waals surface area contributed by atoms with Crippen molar-refractivity contribution in [1.82, 2.24) is 0 Å². The molecule has 4 nitrogen and oxygen atoms in total. The minimum Gasteiger partial charge on any atom is -0.481 e. The molecule has 0 aliphatic heterocycles. The number of carboxylic acid groups (broad SMARTS) is 1. The average molecular weight is 473 g/mol. The normalized spacial score (nSPS) is 52.0. The molecule has 0 heterocycles. The van der Waals surface area contributed by atoms with Crippen LogP contribution in [-0.2, 0) is 14.3 Å². The van der Waals surface area contributed by atoms with E-state index in [1.165, 1.54) is 25.7 Å². The van der Waals surface area contributed by atoms with Crippen LogP contribution in [-0.4, -0.2) is 23.1 Å². The molecule has 10 atom stereocenters. The van der Waals surface area contributed by atoms with Crippen molar-refractivity contribution in [1.29, 1.82) is 0 Å². The molecule has 0 radical (unpaired) electrons. The van der Waals surface area contributed by atoms with Crippen molar-refractivity contribution < 1.29 is 19.4 Å². The Morgan fingerprint density at radius 3 is 2.32 bits per heavy atom. The molecule has 4 heteroatoms. The zero-order valence-electron chi connectivity index (χ0n) is 22.3. The highest BCUT2D eigenvalue weighted by atomic mass is 16.5. The number of carbonyl (C=O) groups excluding carboxylic acids is 1. The number of ether oxygens (including phenoxy) is 1. The Morgan fingerprint density at radius 2 is 1.62 bits per heavy atom. The van der Waals surface area contributed by atoms with Gasteiger partial charge >= 0.3 is 11.9 Å². The van der Waals surface area contributed by atoms with Gasteiger partial charge in [0.25, 0.3) is 0 Å². The number of hydrogen-bond acceptors (Lipinski definition) is 3. The second-order valence-electron chi connectivity index (χ2n) is 13.9. The van der Waals surface area contributed by atoms with Gasteiger partial charge in [-0.05, 0) is 116 Å². The van der Waals surface area contributed by atoms with E-state index < -0.39 is 11.4 Å². The van der Waals surface area contributed by atoms with Gasteiger partial charge in [-0.25, -0.2) is 0 Å². The quantitative estimate of drug-likeness (QED) is 0.438. The van der Waals surface area contributed by atoms with E-state index >= 15 is 0 Å². The molecule has 0 aromatic rings. The van der Waals surface area contributed by atoms with Crippen LogP contribution in [0.5, 0.6) is 0 Å². The highest BCUT2D eigenvalue weighted by molar-refractivity contribution is 5.76. The lowest BCUT2D eigenvalue weighted by atomic mass is 9.33. The second-order valence-corrected chi connectivity index (χ2v) is 13.9. The molecule has 1 N–H and O–H groups in total. The zero-order valence-corrected chi connectivity index (χ0v) is 22.3. The van der Waals surface area contributed by atoms with Crippen molar-refractivity contribution in [3.05, 3.63) is 0 Å². The van der Waals surface area contributed by atoms with Gasteiger partial charge in [0.1, 0.15) is 6.10 Å². The molecule has 192 valence electrons. The van der Waals surface area contributed by atoms with Gasteiger partial charge < -0.3 is 9.84 Å². The first-order valence-electron chi connectivity index (χ1n) is 14.5. The van der Waals surface area contributed by atoms with E-state index in [1.54, 1.807) is 0 Å². The van der Waals surface area contributed by atoms with Crippen LogP contribution in [0, 0.1) is 51.2 Å². The monoisotopic (exact) mass is 472 g/mol. The first-order chi connectivity index (χ1) is 16.0. The van der Waals surface area contributed by atoms with Crippen molar-refractivity contribution >= 4 is 11.9 Å². The molecular formula is C30H48O4. The Kier molecular flexibility index (Phi) is 5.96. The molecule has 0 amide bonds. The first-order valence-corrected chi connectivity index (χ1v) is 14.5. The number of aliphatic carboxylic acids is 1. The summed E-state index contributed by atoms with van der Waals surface area (Å²) >= 11 is 0. The lowest BCUT2D eigenvalue weighted by Gasteiger charge is -2.71. The summed E-state index contributed by atoms with van der Waals surface area (Å²) in [5, 5.41) is 10.3. The van der Waals surface area contributed by atoms with Gasteiger partial charge in [-0.15, -0.1) is 0 Å². The maximum Gasteiger partial charge on any atom is 0.309 e. The highest BCUT2D eigenvalue weighted by Gasteiger charge is 2.70. The second kappa shape index (κ2) is 8.23. The molecule has 0 bridgehead atoms. The third kappa shape index (κ3) is 3.14. The molecule has 34 heavy (non-hydrogen) atoms. The molecule has 5 fully saturated rings. The van der Waals surface area contributed by atoms with E-state index in [2.05, 4.69) is 27.7 Å². The van der Waals surface area contributed by atoms with E-state index in [-0.39, 0.29) is 22.9 Å². The maximum atomic E-state index is 12.5. The lowest BCUT2D eigenvalue weighted by molar-refractivity contribution is -0.236. The van der Waals surface area contributed by atoms with E-state index in [0.29, 0.717) is 41.4 Å². The molecule has 9 unspecified atom stereocenters. The molecule has 5 aliphatic carbocycles. The van der Waals surface area contributed by atoms with Crippen LogP contribution in [0.1, 0.15) is 118 Å². The number of carbonyl (C=O) groups is 2. The van der Waals surface area contributed by atoms with Crippen molar-refractivity contribution in [2.45, 2.75) is 124 Å². The largest absolute Gasteiger partial charge is 0.481 e. The standard InChI is InChI=1S/C30H48O4/c1-6-8-25(31)34-23-13-15-27(3)20(19(23)2)12-16-29(5)24(27)11-10-21-22-9-7-14-30(22,26(32)33)18-17-28(21,29)4/h19-24H,6-18H2,1-5H3,(H,32,33)/t19?,20?,21?,22?,23?,24?,27?,28-,29?,30?/m1/s1. The molecule has 5 rings (SSSR count). The van der Waals surface area contributed by atoms with Crippen molar-refractivity contribution in [2.24, 2.45) is 51.2 Å². The topological polar surface area (TPSA) is 63.6 Å². The van der Waals surface area contributed by atoms with E-state index in [0.717, 1.165) is 51.4 Å². The fourth-order valence-corrected chi connectivity index (χ4v) is 11.1. The lowest BCUT2D eigenvalue weighted by Crippen LogP contribution is -2.65. The Labute approximate surface area is 207 Å². The van der Waals surface area contributed by atoms with Gasteiger partial charge in [0, 0.05) is 6.42 Å². The van der Waals surface area contributed by atoms with E-state index in [9.17, 15) is 14.7 Å². The van der Waals surface area contributed by atoms with Crippen LogP contribution < -0.4 is 0 Å². The fraction of sp³-hybridized carbons (Fsp3) is 0.933. The van der Waals surface area contributed by atoms with Crippen molar-refractivity contribution in [3.63, 3.8) is 0 Å². The van der Waals surface area contributed by atoms with Crippen LogP contribution in [0.25, 0.3) is 0 Å². The minimum absolute atomic E-state index is 0.0164. The smallest absolute Gasteiger partial charge is 0.309 e. The van der Waals surface area contributed by atoms with Crippen LogP contribution in [0.15, 0.2) is 0 Å². The van der Waals surface area contributed by atoms with Gasteiger partial charge in [0.2, 0.25) is 0 Å². The Hall–Kier alpha value is -1.06. The number of hydrogen-bond donors (Lipinski definition) is 1. The third-order valence-corrected chi connectivity index (χ3v) is 13.1. The first kappa shape index (κ1) is 24.6.